The maximum atomic E-state index is 2.44. The number of fused-ring (bicyclic) bond motifs is 4. The first-order valence-corrected chi connectivity index (χ1v) is 21.8. The standard InChI is InChI=1S/C61H46N2/c1-61(2)56-28-14-11-27-54(56)55-41-40-50(42-57(55)61)62(49-38-36-44(37-39-49)43-18-5-3-6-19-43)58-29-15-12-25-52(58)46-32-34-47(35-33-46)53-26-13-16-30-59(53)63(48-22-7-4-8-23-48)60-31-17-21-45-20-9-10-24-51(45)60/h3-42H,1-2H3. The van der Waals surface area contributed by atoms with Crippen LogP contribution in [0.15, 0.2) is 243 Å². The van der Waals surface area contributed by atoms with Crippen LogP contribution in [0.5, 0.6) is 0 Å². The van der Waals surface area contributed by atoms with Crippen LogP contribution in [0.1, 0.15) is 25.0 Å². The Hall–Kier alpha value is -7.94. The van der Waals surface area contributed by atoms with E-state index in [4.69, 9.17) is 0 Å². The molecule has 0 aliphatic heterocycles. The number of nitrogens with zero attached hydrogens (tertiary/aromatic N) is 2. The van der Waals surface area contributed by atoms with Crippen LogP contribution >= 0.6 is 0 Å². The third-order valence-corrected chi connectivity index (χ3v) is 12.9. The zero-order valence-electron chi connectivity index (χ0n) is 35.5. The van der Waals surface area contributed by atoms with Gasteiger partial charge in [-0.25, -0.2) is 0 Å². The van der Waals surface area contributed by atoms with Crippen molar-refractivity contribution >= 4 is 44.9 Å². The molecule has 0 atom stereocenters. The summed E-state index contributed by atoms with van der Waals surface area (Å²) in [6.07, 6.45) is 0. The second-order valence-electron chi connectivity index (χ2n) is 16.9. The third-order valence-electron chi connectivity index (χ3n) is 12.9. The van der Waals surface area contributed by atoms with Gasteiger partial charge in [-0.15, -0.1) is 0 Å². The van der Waals surface area contributed by atoms with Gasteiger partial charge in [0.25, 0.3) is 0 Å². The Bertz CT molecular complexity index is 3230. The highest BCUT2D eigenvalue weighted by Crippen LogP contribution is 2.51. The van der Waals surface area contributed by atoms with Crippen molar-refractivity contribution in [2.45, 2.75) is 19.3 Å². The summed E-state index contributed by atoms with van der Waals surface area (Å²) in [6, 6.07) is 88.2. The molecule has 11 rings (SSSR count). The van der Waals surface area contributed by atoms with E-state index in [1.807, 2.05) is 0 Å². The first-order chi connectivity index (χ1) is 31.0. The number of para-hydroxylation sites is 3. The summed E-state index contributed by atoms with van der Waals surface area (Å²) >= 11 is 0. The number of benzene rings is 10. The second-order valence-corrected chi connectivity index (χ2v) is 16.9. The van der Waals surface area contributed by atoms with E-state index in [0.29, 0.717) is 0 Å². The summed E-state index contributed by atoms with van der Waals surface area (Å²) < 4.78 is 0. The van der Waals surface area contributed by atoms with Crippen LogP contribution in [0, 0.1) is 0 Å². The van der Waals surface area contributed by atoms with E-state index in [0.717, 1.165) is 56.4 Å². The second kappa shape index (κ2) is 15.8. The monoisotopic (exact) mass is 806 g/mol. The zero-order chi connectivity index (χ0) is 42.3. The Balaban J connectivity index is 1.02. The minimum atomic E-state index is -0.125. The van der Waals surface area contributed by atoms with Gasteiger partial charge in [0.05, 0.1) is 17.1 Å². The maximum absolute atomic E-state index is 2.44. The van der Waals surface area contributed by atoms with Crippen molar-refractivity contribution in [3.05, 3.63) is 254 Å². The molecule has 0 radical (unpaired) electrons. The molecule has 1 aliphatic rings. The van der Waals surface area contributed by atoms with E-state index >= 15 is 0 Å². The number of hydrogen-bond acceptors (Lipinski definition) is 2. The normalized spacial score (nSPS) is 12.4. The molecule has 10 aromatic carbocycles. The van der Waals surface area contributed by atoms with E-state index in [-0.39, 0.29) is 5.41 Å². The van der Waals surface area contributed by atoms with Gasteiger partial charge < -0.3 is 9.80 Å². The molecular formula is C61H46N2. The molecule has 300 valence electrons. The smallest absolute Gasteiger partial charge is 0.0540 e. The summed E-state index contributed by atoms with van der Waals surface area (Å²) in [6.45, 7) is 4.71. The molecule has 0 saturated carbocycles. The molecule has 0 amide bonds. The van der Waals surface area contributed by atoms with Gasteiger partial charge in [-0.1, -0.05) is 202 Å². The van der Waals surface area contributed by atoms with Crippen LogP contribution in [0.4, 0.5) is 34.1 Å². The van der Waals surface area contributed by atoms with Crippen LogP contribution in [-0.2, 0) is 5.41 Å². The molecule has 0 fully saturated rings. The highest BCUT2D eigenvalue weighted by molar-refractivity contribution is 6.01. The van der Waals surface area contributed by atoms with Crippen molar-refractivity contribution in [2.24, 2.45) is 0 Å². The quantitative estimate of drug-likeness (QED) is 0.143. The Kier molecular flexibility index (Phi) is 9.55. The highest BCUT2D eigenvalue weighted by Gasteiger charge is 2.36. The molecule has 2 nitrogen and oxygen atoms in total. The Morgan fingerprint density at radius 2 is 0.746 bits per heavy atom. The molecule has 1 aliphatic carbocycles. The molecule has 0 bridgehead atoms. The van der Waals surface area contributed by atoms with Crippen LogP contribution in [-0.4, -0.2) is 0 Å². The Morgan fingerprint density at radius 1 is 0.286 bits per heavy atom. The van der Waals surface area contributed by atoms with Gasteiger partial charge >= 0.3 is 0 Å². The predicted molar refractivity (Wildman–Crippen MR) is 267 cm³/mol. The molecule has 0 N–H and O–H groups in total. The fourth-order valence-corrected chi connectivity index (χ4v) is 9.74. The van der Waals surface area contributed by atoms with Crippen molar-refractivity contribution in [2.75, 3.05) is 9.80 Å². The molecule has 10 aromatic rings. The number of hydrogen-bond donors (Lipinski definition) is 0. The summed E-state index contributed by atoms with van der Waals surface area (Å²) in [5, 5.41) is 2.42. The fraction of sp³-hybridized carbons (Fsp3) is 0.0492. The topological polar surface area (TPSA) is 6.48 Å². The van der Waals surface area contributed by atoms with Gasteiger partial charge in [-0.2, -0.15) is 0 Å². The summed E-state index contributed by atoms with van der Waals surface area (Å²) in [5.74, 6) is 0. The van der Waals surface area contributed by atoms with Crippen LogP contribution in [0.3, 0.4) is 0 Å². The molecule has 0 unspecified atom stereocenters. The molecule has 2 heteroatoms. The van der Waals surface area contributed by atoms with E-state index in [1.165, 1.54) is 44.2 Å². The van der Waals surface area contributed by atoms with Crippen molar-refractivity contribution in [3.8, 4) is 44.5 Å². The lowest BCUT2D eigenvalue weighted by Crippen LogP contribution is -2.16. The minimum Gasteiger partial charge on any atom is -0.310 e. The van der Waals surface area contributed by atoms with Gasteiger partial charge in [-0.3, -0.25) is 0 Å². The number of anilines is 6. The SMILES string of the molecule is CC1(C)c2ccccc2-c2ccc(N(c3ccc(-c4ccccc4)cc3)c3ccccc3-c3ccc(-c4ccccc4N(c4ccccc4)c4cccc5ccccc45)cc3)cc21. The Labute approximate surface area is 370 Å². The molecule has 0 spiro atoms. The van der Waals surface area contributed by atoms with Gasteiger partial charge in [-0.05, 0) is 104 Å². The van der Waals surface area contributed by atoms with Crippen LogP contribution in [0.25, 0.3) is 55.3 Å². The van der Waals surface area contributed by atoms with Gasteiger partial charge in [0, 0.05) is 39.0 Å². The first kappa shape index (κ1) is 38.0. The minimum absolute atomic E-state index is 0.125. The van der Waals surface area contributed by atoms with Crippen LogP contribution in [0.2, 0.25) is 0 Å². The lowest BCUT2D eigenvalue weighted by atomic mass is 9.82. The van der Waals surface area contributed by atoms with E-state index in [9.17, 15) is 0 Å². The lowest BCUT2D eigenvalue weighted by Gasteiger charge is -2.30. The van der Waals surface area contributed by atoms with E-state index in [1.54, 1.807) is 0 Å². The van der Waals surface area contributed by atoms with E-state index in [2.05, 4.69) is 266 Å². The average Bonchev–Trinajstić information content (AvgIpc) is 3.58. The Morgan fingerprint density at radius 3 is 1.44 bits per heavy atom. The van der Waals surface area contributed by atoms with Gasteiger partial charge in [0.1, 0.15) is 0 Å². The zero-order valence-corrected chi connectivity index (χ0v) is 35.5. The maximum Gasteiger partial charge on any atom is 0.0540 e. The van der Waals surface area contributed by atoms with Crippen molar-refractivity contribution in [1.29, 1.82) is 0 Å². The van der Waals surface area contributed by atoms with E-state index < -0.39 is 0 Å². The number of rotatable bonds is 9. The molecular weight excluding hydrogens is 761 g/mol. The largest absolute Gasteiger partial charge is 0.310 e. The lowest BCUT2D eigenvalue weighted by molar-refractivity contribution is 0.660. The summed E-state index contributed by atoms with van der Waals surface area (Å²) in [5.41, 5.74) is 19.0. The average molecular weight is 807 g/mol. The summed E-state index contributed by atoms with van der Waals surface area (Å²) in [4.78, 5) is 4.84. The molecule has 0 saturated heterocycles. The van der Waals surface area contributed by atoms with Crippen LogP contribution < -0.4 is 9.80 Å². The highest BCUT2D eigenvalue weighted by atomic mass is 15.2. The van der Waals surface area contributed by atoms with Crippen molar-refractivity contribution < 1.29 is 0 Å². The molecule has 0 aromatic heterocycles. The van der Waals surface area contributed by atoms with Crippen molar-refractivity contribution in [1.82, 2.24) is 0 Å². The predicted octanol–water partition coefficient (Wildman–Crippen LogP) is 17.1. The van der Waals surface area contributed by atoms with Crippen molar-refractivity contribution in [3.63, 3.8) is 0 Å². The fourth-order valence-electron chi connectivity index (χ4n) is 9.74. The summed E-state index contributed by atoms with van der Waals surface area (Å²) in [7, 11) is 0. The third kappa shape index (κ3) is 6.77. The van der Waals surface area contributed by atoms with Gasteiger partial charge in [0.15, 0.2) is 0 Å². The first-order valence-electron chi connectivity index (χ1n) is 21.8. The van der Waals surface area contributed by atoms with Gasteiger partial charge in [0.2, 0.25) is 0 Å². The molecule has 0 heterocycles. The molecule has 63 heavy (non-hydrogen) atoms.